The number of piperazine rings is 1. The number of nitrogens with two attached hydrogens (primary N) is 1. The number of anilines is 2. The molecule has 0 bridgehead atoms. The van der Waals surface area contributed by atoms with E-state index in [4.69, 9.17) is 15.6 Å². The molecule has 2 aliphatic rings. The van der Waals surface area contributed by atoms with E-state index < -0.39 is 17.5 Å². The van der Waals surface area contributed by atoms with Crippen LogP contribution in [0, 0.1) is 5.92 Å². The second-order valence-electron chi connectivity index (χ2n) is 11.1. The zero-order valence-corrected chi connectivity index (χ0v) is 25.0. The highest BCUT2D eigenvalue weighted by Gasteiger charge is 2.33. The number of fused-ring (bicyclic) bond motifs is 2. The average molecular weight is 583 g/mol. The van der Waals surface area contributed by atoms with Crippen LogP contribution in [0.2, 0.25) is 0 Å². The van der Waals surface area contributed by atoms with Crippen molar-refractivity contribution in [3.8, 4) is 0 Å². The summed E-state index contributed by atoms with van der Waals surface area (Å²) in [7, 11) is 1.52. The van der Waals surface area contributed by atoms with Gasteiger partial charge in [0.1, 0.15) is 5.72 Å². The maximum absolute atomic E-state index is 13.4. The van der Waals surface area contributed by atoms with Crippen molar-refractivity contribution in [3.05, 3.63) is 48.0 Å². The first kappa shape index (κ1) is 32.7. The minimum atomic E-state index is -4.34. The van der Waals surface area contributed by atoms with Crippen molar-refractivity contribution in [1.29, 1.82) is 0 Å². The molecule has 3 N–H and O–H groups in total. The molecule has 0 aromatic heterocycles. The molecule has 2 aromatic rings. The fourth-order valence-electron chi connectivity index (χ4n) is 4.70. The van der Waals surface area contributed by atoms with Gasteiger partial charge in [-0.1, -0.05) is 37.7 Å². The molecule has 0 saturated carbocycles. The molecule has 0 spiro atoms. The Morgan fingerprint density at radius 1 is 0.950 bits per heavy atom. The van der Waals surface area contributed by atoms with Crippen LogP contribution in [0.25, 0.3) is 0 Å². The van der Waals surface area contributed by atoms with Crippen LogP contribution in [0.15, 0.2) is 52.3 Å². The van der Waals surface area contributed by atoms with Crippen LogP contribution in [0.5, 0.6) is 0 Å². The Labute approximate surface area is 241 Å². The van der Waals surface area contributed by atoms with Crippen molar-refractivity contribution in [2.75, 3.05) is 64.4 Å². The maximum Gasteiger partial charge on any atom is 0.416 e. The average Bonchev–Trinajstić information content (AvgIpc) is 2.91. The molecule has 2 heterocycles. The van der Waals surface area contributed by atoms with Gasteiger partial charge in [-0.25, -0.2) is 0 Å². The molecule has 1 fully saturated rings. The van der Waals surface area contributed by atoms with Gasteiger partial charge in [0, 0.05) is 62.7 Å². The third-order valence-electron chi connectivity index (χ3n) is 7.37. The Kier molecular flexibility index (Phi) is 12.2. The van der Waals surface area contributed by atoms with Gasteiger partial charge >= 0.3 is 6.18 Å². The second-order valence-corrected chi connectivity index (χ2v) is 12.2. The van der Waals surface area contributed by atoms with E-state index in [2.05, 4.69) is 28.5 Å². The molecule has 0 radical (unpaired) electrons. The number of halogens is 3. The molecule has 0 amide bonds. The molecule has 10 heteroatoms. The minimum absolute atomic E-state index is 0.0703. The van der Waals surface area contributed by atoms with Crippen LogP contribution in [0.3, 0.4) is 0 Å². The van der Waals surface area contributed by atoms with Gasteiger partial charge in [0.2, 0.25) is 0 Å². The lowest BCUT2D eigenvalue weighted by Gasteiger charge is -2.36. The summed E-state index contributed by atoms with van der Waals surface area (Å²) in [5.74, 6) is 0.736. The van der Waals surface area contributed by atoms with E-state index in [1.807, 2.05) is 24.3 Å². The van der Waals surface area contributed by atoms with Crippen molar-refractivity contribution in [2.24, 2.45) is 11.7 Å². The fraction of sp³-hybridized carbons (Fsp3) is 0.600. The molecule has 2 aromatic carbocycles. The highest BCUT2D eigenvalue weighted by Crippen LogP contribution is 2.49. The van der Waals surface area contributed by atoms with Crippen molar-refractivity contribution >= 4 is 23.1 Å². The Morgan fingerprint density at radius 2 is 1.57 bits per heavy atom. The van der Waals surface area contributed by atoms with E-state index in [1.165, 1.54) is 32.2 Å². The Morgan fingerprint density at radius 3 is 2.15 bits per heavy atom. The quantitative estimate of drug-likeness (QED) is 0.331. The second kappa shape index (κ2) is 14.9. The van der Waals surface area contributed by atoms with Crippen LogP contribution < -0.4 is 10.6 Å². The minimum Gasteiger partial charge on any atom is -0.396 e. The number of ether oxygens (including phenoxy) is 1. The van der Waals surface area contributed by atoms with Crippen LogP contribution in [0.1, 0.15) is 45.6 Å². The predicted octanol–water partition coefficient (Wildman–Crippen LogP) is 6.05. The number of alkyl halides is 3. The number of aliphatic hydroxyl groups is 1. The summed E-state index contributed by atoms with van der Waals surface area (Å²) in [6.45, 7) is 13.5. The smallest absolute Gasteiger partial charge is 0.396 e. The van der Waals surface area contributed by atoms with E-state index in [0.717, 1.165) is 60.5 Å². The predicted molar refractivity (Wildman–Crippen MR) is 157 cm³/mol. The molecule has 4 rings (SSSR count). The lowest BCUT2D eigenvalue weighted by atomic mass is 10.1. The largest absolute Gasteiger partial charge is 0.416 e. The van der Waals surface area contributed by atoms with Crippen molar-refractivity contribution in [1.82, 2.24) is 9.80 Å². The summed E-state index contributed by atoms with van der Waals surface area (Å²) in [4.78, 5) is 9.09. The van der Waals surface area contributed by atoms with E-state index >= 15 is 0 Å². The lowest BCUT2D eigenvalue weighted by molar-refractivity contribution is -0.137. The summed E-state index contributed by atoms with van der Waals surface area (Å²) in [5.41, 5.74) is 5.87. The normalized spacial score (nSPS) is 17.6. The molecule has 2 aliphatic heterocycles. The zero-order valence-electron chi connectivity index (χ0n) is 24.2. The molecular weight excluding hydrogens is 537 g/mol. The molecular formula is C30H45F3N4O2S. The molecule has 224 valence electrons. The van der Waals surface area contributed by atoms with Gasteiger partial charge < -0.3 is 30.3 Å². The number of rotatable bonds is 10. The molecule has 0 aliphatic carbocycles. The highest BCUT2D eigenvalue weighted by molar-refractivity contribution is 7.99. The number of para-hydroxylation sites is 1. The number of benzene rings is 2. The van der Waals surface area contributed by atoms with Gasteiger partial charge in [-0.15, -0.1) is 0 Å². The van der Waals surface area contributed by atoms with Gasteiger partial charge in [0.05, 0.1) is 16.9 Å². The lowest BCUT2D eigenvalue weighted by Crippen LogP contribution is -2.47. The first-order valence-corrected chi connectivity index (χ1v) is 14.9. The highest BCUT2D eigenvalue weighted by atomic mass is 32.2. The summed E-state index contributed by atoms with van der Waals surface area (Å²) < 4.78 is 44.9. The van der Waals surface area contributed by atoms with Crippen LogP contribution >= 0.6 is 11.8 Å². The number of methoxy groups -OCH3 is 1. The van der Waals surface area contributed by atoms with E-state index in [1.54, 1.807) is 24.8 Å². The number of aliphatic hydroxyl groups excluding tert-OH is 1. The molecule has 1 unspecified atom stereocenters. The molecule has 1 atom stereocenters. The van der Waals surface area contributed by atoms with Gasteiger partial charge in [-0.3, -0.25) is 0 Å². The maximum atomic E-state index is 13.4. The van der Waals surface area contributed by atoms with Crippen molar-refractivity contribution in [2.45, 2.75) is 61.7 Å². The summed E-state index contributed by atoms with van der Waals surface area (Å²) in [6, 6.07) is 12.1. The third kappa shape index (κ3) is 9.63. The fourth-order valence-corrected chi connectivity index (χ4v) is 5.78. The van der Waals surface area contributed by atoms with Crippen LogP contribution in [-0.2, 0) is 10.9 Å². The van der Waals surface area contributed by atoms with Gasteiger partial charge in [-0.05, 0) is 69.1 Å². The van der Waals surface area contributed by atoms with E-state index in [0.29, 0.717) is 18.7 Å². The Balaban J connectivity index is 0.000000482. The van der Waals surface area contributed by atoms with Gasteiger partial charge in [0.25, 0.3) is 0 Å². The summed E-state index contributed by atoms with van der Waals surface area (Å²) in [5, 5.41) is 8.37. The summed E-state index contributed by atoms with van der Waals surface area (Å²) >= 11 is 1.55. The Bertz CT molecular complexity index is 1060. The topological polar surface area (TPSA) is 65.2 Å². The number of hydrogen-bond acceptors (Lipinski definition) is 7. The Hall–Kier alpha value is -1.82. The number of nitrogens with zero attached hydrogens (tertiary/aromatic N) is 3. The monoisotopic (exact) mass is 582 g/mol. The van der Waals surface area contributed by atoms with Crippen LogP contribution in [-0.4, -0.2) is 80.2 Å². The van der Waals surface area contributed by atoms with E-state index in [-0.39, 0.29) is 6.61 Å². The molecule has 1 saturated heterocycles. The van der Waals surface area contributed by atoms with Gasteiger partial charge in [-0.2, -0.15) is 13.2 Å². The third-order valence-corrected chi connectivity index (χ3v) is 8.50. The first-order valence-electron chi connectivity index (χ1n) is 14.1. The van der Waals surface area contributed by atoms with Crippen molar-refractivity contribution < 1.29 is 23.0 Å². The number of hydrogen-bond donors (Lipinski definition) is 2. The standard InChI is InChI=1S/C25H32F3N3S.C5H13NO2/c1-19(2)10-13-30-16-14-29(15-17-30)11-5-12-31-21-6-3-4-7-23(21)32-24-9-8-20(18-22(24)31)25(26,27)28;1-5(6,8-2)3-4-7/h3-4,6-9,18-19H,5,10-17H2,1-2H3;7H,3-4,6H2,1-2H3. The van der Waals surface area contributed by atoms with Gasteiger partial charge in [0.15, 0.2) is 0 Å². The first-order chi connectivity index (χ1) is 18.9. The molecule has 40 heavy (non-hydrogen) atoms. The zero-order chi connectivity index (χ0) is 29.3. The molecule has 6 nitrogen and oxygen atoms in total. The van der Waals surface area contributed by atoms with Crippen LogP contribution in [0.4, 0.5) is 24.5 Å². The summed E-state index contributed by atoms with van der Waals surface area (Å²) in [6.07, 6.45) is -1.70. The van der Waals surface area contributed by atoms with E-state index in [9.17, 15) is 13.2 Å². The van der Waals surface area contributed by atoms with Crippen molar-refractivity contribution in [3.63, 3.8) is 0 Å². The SMILES string of the molecule is CC(C)CCN1CCN(CCCN2c3ccccc3Sc3ccc(C(F)(F)F)cc32)CC1.COC(C)(N)CCO.